The SMILES string of the molecule is Cc1ccc(C[C@H](N)CO)c(Cl)c1. The van der Waals surface area contributed by atoms with Gasteiger partial charge >= 0.3 is 0 Å². The standard InChI is InChI=1S/C10H14ClNO/c1-7-2-3-8(10(11)4-7)5-9(12)6-13/h2-4,9,13H,5-6,12H2,1H3/t9-/m0/s1. The number of nitrogens with two attached hydrogens (primary N) is 1. The molecule has 3 heteroatoms. The highest BCUT2D eigenvalue weighted by molar-refractivity contribution is 6.31. The Morgan fingerprint density at radius 2 is 2.23 bits per heavy atom. The Balaban J connectivity index is 2.77. The van der Waals surface area contributed by atoms with Crippen LogP contribution in [0.2, 0.25) is 5.02 Å². The van der Waals surface area contributed by atoms with Crippen LogP contribution in [0, 0.1) is 6.92 Å². The summed E-state index contributed by atoms with van der Waals surface area (Å²) in [6, 6.07) is 5.62. The van der Waals surface area contributed by atoms with Crippen molar-refractivity contribution in [2.24, 2.45) is 5.73 Å². The Hall–Kier alpha value is -0.570. The number of benzene rings is 1. The number of hydrogen-bond donors (Lipinski definition) is 2. The molecule has 1 rings (SSSR count). The Morgan fingerprint density at radius 3 is 2.77 bits per heavy atom. The highest BCUT2D eigenvalue weighted by Crippen LogP contribution is 2.18. The van der Waals surface area contributed by atoms with Crippen LogP contribution in [0.1, 0.15) is 11.1 Å². The van der Waals surface area contributed by atoms with Crippen LogP contribution in [0.5, 0.6) is 0 Å². The molecule has 0 amide bonds. The predicted octanol–water partition coefficient (Wildman–Crippen LogP) is 1.51. The minimum Gasteiger partial charge on any atom is -0.395 e. The number of rotatable bonds is 3. The van der Waals surface area contributed by atoms with Crippen molar-refractivity contribution in [1.82, 2.24) is 0 Å². The molecule has 0 bridgehead atoms. The molecule has 72 valence electrons. The molecule has 0 heterocycles. The quantitative estimate of drug-likeness (QED) is 0.776. The molecule has 0 aliphatic rings. The summed E-state index contributed by atoms with van der Waals surface area (Å²) in [5.41, 5.74) is 7.73. The van der Waals surface area contributed by atoms with Gasteiger partial charge in [0, 0.05) is 11.1 Å². The van der Waals surface area contributed by atoms with Gasteiger partial charge in [0.05, 0.1) is 6.61 Å². The number of aryl methyl sites for hydroxylation is 1. The summed E-state index contributed by atoms with van der Waals surface area (Å²) in [5, 5.41) is 9.50. The molecule has 0 unspecified atom stereocenters. The molecule has 0 spiro atoms. The number of aliphatic hydroxyl groups is 1. The first-order valence-electron chi connectivity index (χ1n) is 4.25. The van der Waals surface area contributed by atoms with E-state index in [1.807, 2.05) is 25.1 Å². The average molecular weight is 200 g/mol. The molecule has 2 nitrogen and oxygen atoms in total. The van der Waals surface area contributed by atoms with E-state index in [-0.39, 0.29) is 12.6 Å². The molecule has 3 N–H and O–H groups in total. The molecule has 0 radical (unpaired) electrons. The smallest absolute Gasteiger partial charge is 0.0585 e. The minimum atomic E-state index is -0.222. The van der Waals surface area contributed by atoms with Crippen molar-refractivity contribution in [2.75, 3.05) is 6.61 Å². The molecule has 1 atom stereocenters. The summed E-state index contributed by atoms with van der Waals surface area (Å²) in [4.78, 5) is 0. The van der Waals surface area contributed by atoms with Gasteiger partial charge < -0.3 is 10.8 Å². The van der Waals surface area contributed by atoms with Gasteiger partial charge in [0.2, 0.25) is 0 Å². The zero-order valence-corrected chi connectivity index (χ0v) is 8.38. The number of aliphatic hydroxyl groups excluding tert-OH is 1. The fourth-order valence-corrected chi connectivity index (χ4v) is 1.48. The molecule has 0 aliphatic carbocycles. The highest BCUT2D eigenvalue weighted by Gasteiger charge is 2.05. The van der Waals surface area contributed by atoms with E-state index in [1.54, 1.807) is 0 Å². The van der Waals surface area contributed by atoms with E-state index in [0.29, 0.717) is 6.42 Å². The lowest BCUT2D eigenvalue weighted by molar-refractivity contribution is 0.265. The fourth-order valence-electron chi connectivity index (χ4n) is 1.16. The van der Waals surface area contributed by atoms with E-state index in [0.717, 1.165) is 16.1 Å². The van der Waals surface area contributed by atoms with E-state index in [9.17, 15) is 0 Å². The van der Waals surface area contributed by atoms with E-state index in [1.165, 1.54) is 0 Å². The van der Waals surface area contributed by atoms with Gasteiger partial charge in [-0.15, -0.1) is 0 Å². The largest absolute Gasteiger partial charge is 0.395 e. The van der Waals surface area contributed by atoms with Crippen LogP contribution in [0.25, 0.3) is 0 Å². The van der Waals surface area contributed by atoms with Gasteiger partial charge in [0.25, 0.3) is 0 Å². The van der Waals surface area contributed by atoms with Crippen molar-refractivity contribution < 1.29 is 5.11 Å². The molecule has 0 aliphatic heterocycles. The maximum absolute atomic E-state index is 8.77. The summed E-state index contributed by atoms with van der Waals surface area (Å²) in [6.07, 6.45) is 0.621. The highest BCUT2D eigenvalue weighted by atomic mass is 35.5. The third kappa shape index (κ3) is 2.99. The van der Waals surface area contributed by atoms with Crippen LogP contribution >= 0.6 is 11.6 Å². The van der Waals surface area contributed by atoms with Gasteiger partial charge in [-0.05, 0) is 30.5 Å². The van der Waals surface area contributed by atoms with Crippen LogP contribution in [-0.4, -0.2) is 17.8 Å². The molecule has 1 aromatic rings. The van der Waals surface area contributed by atoms with Crippen LogP contribution in [0.4, 0.5) is 0 Å². The average Bonchev–Trinajstić information content (AvgIpc) is 2.09. The van der Waals surface area contributed by atoms with E-state index >= 15 is 0 Å². The second-order valence-corrected chi connectivity index (χ2v) is 3.65. The molecule has 0 saturated carbocycles. The van der Waals surface area contributed by atoms with Crippen LogP contribution in [-0.2, 0) is 6.42 Å². The minimum absolute atomic E-state index is 0.00972. The van der Waals surface area contributed by atoms with E-state index in [4.69, 9.17) is 22.4 Å². The van der Waals surface area contributed by atoms with Crippen molar-refractivity contribution in [1.29, 1.82) is 0 Å². The first-order valence-corrected chi connectivity index (χ1v) is 4.62. The normalized spacial score (nSPS) is 12.9. The van der Waals surface area contributed by atoms with Gasteiger partial charge in [-0.2, -0.15) is 0 Å². The first-order chi connectivity index (χ1) is 6.13. The zero-order chi connectivity index (χ0) is 9.84. The third-order valence-corrected chi connectivity index (χ3v) is 2.28. The zero-order valence-electron chi connectivity index (χ0n) is 7.63. The predicted molar refractivity (Wildman–Crippen MR) is 55.0 cm³/mol. The van der Waals surface area contributed by atoms with Crippen LogP contribution < -0.4 is 5.73 Å². The van der Waals surface area contributed by atoms with Crippen molar-refractivity contribution >= 4 is 11.6 Å². The van der Waals surface area contributed by atoms with Crippen molar-refractivity contribution in [3.05, 3.63) is 34.3 Å². The van der Waals surface area contributed by atoms with E-state index < -0.39 is 0 Å². The lowest BCUT2D eigenvalue weighted by atomic mass is 10.1. The Kier molecular flexibility index (Phi) is 3.72. The van der Waals surface area contributed by atoms with Gasteiger partial charge in [-0.3, -0.25) is 0 Å². The third-order valence-electron chi connectivity index (χ3n) is 1.93. The van der Waals surface area contributed by atoms with Gasteiger partial charge in [-0.1, -0.05) is 23.7 Å². The second-order valence-electron chi connectivity index (χ2n) is 3.24. The van der Waals surface area contributed by atoms with Crippen molar-refractivity contribution in [3.63, 3.8) is 0 Å². The van der Waals surface area contributed by atoms with Gasteiger partial charge in [0.15, 0.2) is 0 Å². The topological polar surface area (TPSA) is 46.2 Å². The molecule has 0 saturated heterocycles. The first kappa shape index (κ1) is 10.5. The van der Waals surface area contributed by atoms with Crippen molar-refractivity contribution in [2.45, 2.75) is 19.4 Å². The molecular formula is C10H14ClNO. The summed E-state index contributed by atoms with van der Waals surface area (Å²) >= 11 is 5.99. The molecular weight excluding hydrogens is 186 g/mol. The lowest BCUT2D eigenvalue weighted by Gasteiger charge is -2.09. The molecule has 0 aromatic heterocycles. The Bertz CT molecular complexity index is 288. The second kappa shape index (κ2) is 4.61. The molecule has 0 fully saturated rings. The number of hydrogen-bond acceptors (Lipinski definition) is 2. The number of halogens is 1. The van der Waals surface area contributed by atoms with E-state index in [2.05, 4.69) is 0 Å². The maximum Gasteiger partial charge on any atom is 0.0585 e. The van der Waals surface area contributed by atoms with Gasteiger partial charge in [-0.25, -0.2) is 0 Å². The molecule has 13 heavy (non-hydrogen) atoms. The Labute approximate surface area is 83.3 Å². The fraction of sp³-hybridized carbons (Fsp3) is 0.400. The summed E-state index contributed by atoms with van der Waals surface area (Å²) in [6.45, 7) is 1.98. The van der Waals surface area contributed by atoms with Crippen LogP contribution in [0.15, 0.2) is 18.2 Å². The lowest BCUT2D eigenvalue weighted by Crippen LogP contribution is -2.26. The monoisotopic (exact) mass is 199 g/mol. The summed E-state index contributed by atoms with van der Waals surface area (Å²) < 4.78 is 0. The summed E-state index contributed by atoms with van der Waals surface area (Å²) in [5.74, 6) is 0. The Morgan fingerprint density at radius 1 is 1.54 bits per heavy atom. The molecule has 1 aromatic carbocycles. The summed E-state index contributed by atoms with van der Waals surface area (Å²) in [7, 11) is 0. The maximum atomic E-state index is 8.77. The van der Waals surface area contributed by atoms with Gasteiger partial charge in [0.1, 0.15) is 0 Å². The van der Waals surface area contributed by atoms with Crippen LogP contribution in [0.3, 0.4) is 0 Å². The van der Waals surface area contributed by atoms with Crippen molar-refractivity contribution in [3.8, 4) is 0 Å².